The summed E-state index contributed by atoms with van der Waals surface area (Å²) in [5.41, 5.74) is -2.98. The highest BCUT2D eigenvalue weighted by atomic mass is 16.8. The fourth-order valence-electron chi connectivity index (χ4n) is 15.6. The van der Waals surface area contributed by atoms with E-state index in [0.717, 1.165) is 0 Å². The van der Waals surface area contributed by atoms with Crippen LogP contribution in [-0.2, 0) is 114 Å². The van der Waals surface area contributed by atoms with Crippen molar-refractivity contribution >= 4 is 48.4 Å². The van der Waals surface area contributed by atoms with E-state index in [1.54, 1.807) is 157 Å². The highest BCUT2D eigenvalue weighted by molar-refractivity contribution is 5.73. The van der Waals surface area contributed by atoms with Gasteiger partial charge in [-0.15, -0.1) is 0 Å². The van der Waals surface area contributed by atoms with Crippen molar-refractivity contribution < 1.29 is 145 Å². The minimum atomic E-state index is -1.49. The maximum absolute atomic E-state index is 13.3. The second-order valence-corrected chi connectivity index (χ2v) is 31.7. The Hall–Kier alpha value is -5.60. The van der Waals surface area contributed by atoms with Crippen LogP contribution >= 0.6 is 0 Å². The molecule has 6 aliphatic heterocycles. The van der Waals surface area contributed by atoms with Gasteiger partial charge in [-0.1, -0.05) is 83.2 Å². The molecule has 646 valence electrons. The van der Waals surface area contributed by atoms with Crippen molar-refractivity contribution in [3.63, 3.8) is 0 Å². The summed E-state index contributed by atoms with van der Waals surface area (Å²) in [5.74, 6) is -5.74. The minimum absolute atomic E-state index is 0.000633. The summed E-state index contributed by atoms with van der Waals surface area (Å²) in [6.45, 7) is 23.1. The molecule has 0 aromatic heterocycles. The van der Waals surface area contributed by atoms with Crippen molar-refractivity contribution in [2.75, 3.05) is 42.4 Å². The van der Waals surface area contributed by atoms with Gasteiger partial charge in [0.15, 0.2) is 37.4 Å². The maximum Gasteiger partial charge on any atom is 0.309 e. The molecule has 4 fully saturated rings. The number of methoxy groups -OCH3 is 2. The number of carbonyl (C=O) groups is 8. The Morgan fingerprint density at radius 3 is 1.18 bits per heavy atom. The SMILES string of the molecule is CCC(=O)OC1C(C)OC(OC2C(C)OC(OC3C(CC=O)CC(C)C(O)C=CC=CCC(C)OC(=O)CC(OC(C)=O)C3OC)C(O)C2N(C)C)C[C@@]1(C)O.CCC(=O)OC1CC(=O)OC(C)CC=CC=CC(O)C(C)CC(CC=O)C(OC2OC(C)C(OC3C[C@@](C)(O)C(OC(=O)CC)C(C)O3)C(N(C)C)C2O)C1OC. The topological polar surface area (TPSA) is 412 Å². The quantitative estimate of drug-likeness (QED) is 0.0438. The summed E-state index contributed by atoms with van der Waals surface area (Å²) >= 11 is 0. The highest BCUT2D eigenvalue weighted by Crippen LogP contribution is 2.41. The number of cyclic esters (lactones) is 2. The summed E-state index contributed by atoms with van der Waals surface area (Å²) < 4.78 is 96.8. The third-order valence-corrected chi connectivity index (χ3v) is 21.5. The van der Waals surface area contributed by atoms with Crippen molar-refractivity contribution in [1.29, 1.82) is 0 Å². The van der Waals surface area contributed by atoms with Gasteiger partial charge >= 0.3 is 35.8 Å². The van der Waals surface area contributed by atoms with Crippen molar-refractivity contribution in [3.8, 4) is 0 Å². The van der Waals surface area contributed by atoms with Crippen LogP contribution in [0.25, 0.3) is 0 Å². The first-order valence-corrected chi connectivity index (χ1v) is 39.7. The summed E-state index contributed by atoms with van der Waals surface area (Å²) in [6.07, 6.45) is -8.20. The lowest BCUT2D eigenvalue weighted by Gasteiger charge is -2.50. The summed E-state index contributed by atoms with van der Waals surface area (Å²) in [4.78, 5) is 104. The van der Waals surface area contributed by atoms with Gasteiger partial charge in [0.2, 0.25) is 0 Å². The van der Waals surface area contributed by atoms with Crippen LogP contribution in [0.4, 0.5) is 0 Å². The van der Waals surface area contributed by atoms with E-state index in [4.69, 9.17) is 75.8 Å². The number of ether oxygens (including phenoxy) is 16. The van der Waals surface area contributed by atoms with E-state index in [1.807, 2.05) is 19.9 Å². The Morgan fingerprint density at radius 2 is 0.858 bits per heavy atom. The van der Waals surface area contributed by atoms with Crippen LogP contribution in [0.15, 0.2) is 48.6 Å². The molecule has 32 nitrogen and oxygen atoms in total. The third-order valence-electron chi connectivity index (χ3n) is 21.5. The van der Waals surface area contributed by atoms with Crippen LogP contribution in [0.1, 0.15) is 180 Å². The van der Waals surface area contributed by atoms with E-state index in [2.05, 4.69) is 0 Å². The Balaban J connectivity index is 0.000000404. The fraction of sp³-hybridized carbons (Fsp3) is 0.802. The van der Waals surface area contributed by atoms with Gasteiger partial charge < -0.3 is 126 Å². The largest absolute Gasteiger partial charge is 0.462 e. The first-order valence-electron chi connectivity index (χ1n) is 39.7. The van der Waals surface area contributed by atoms with Gasteiger partial charge in [0.05, 0.1) is 73.8 Å². The number of carbonyl (C=O) groups excluding carboxylic acids is 8. The van der Waals surface area contributed by atoms with E-state index in [9.17, 15) is 69.0 Å². The summed E-state index contributed by atoms with van der Waals surface area (Å²) in [7, 11) is 9.71. The zero-order valence-corrected chi connectivity index (χ0v) is 69.7. The van der Waals surface area contributed by atoms with Crippen molar-refractivity contribution in [2.24, 2.45) is 23.7 Å². The summed E-state index contributed by atoms with van der Waals surface area (Å²) in [6, 6.07) is -1.56. The first-order chi connectivity index (χ1) is 53.2. The van der Waals surface area contributed by atoms with Crippen molar-refractivity contribution in [3.05, 3.63) is 48.6 Å². The Labute approximate surface area is 666 Å². The third kappa shape index (κ3) is 28.9. The zero-order chi connectivity index (χ0) is 84.5. The number of nitrogens with zero attached hydrogens (tertiary/aromatic N) is 2. The van der Waals surface area contributed by atoms with Gasteiger partial charge in [0, 0.05) is 78.9 Å². The number of allylic oxidation sites excluding steroid dienone is 4. The lowest BCUT2D eigenvalue weighted by molar-refractivity contribution is -0.344. The second kappa shape index (κ2) is 46.5. The molecule has 0 aromatic carbocycles. The lowest BCUT2D eigenvalue weighted by Crippen LogP contribution is -2.66. The van der Waals surface area contributed by atoms with E-state index in [-0.39, 0.29) is 57.8 Å². The average Bonchev–Trinajstić information content (AvgIpc) is 0.776. The molecule has 6 heterocycles. The molecular weight excluding hydrogens is 1480 g/mol. The van der Waals surface area contributed by atoms with E-state index in [1.165, 1.54) is 21.1 Å². The summed E-state index contributed by atoms with van der Waals surface area (Å²) in [5, 5.41) is 68.9. The van der Waals surface area contributed by atoms with Crippen molar-refractivity contribution in [2.45, 2.75) is 351 Å². The van der Waals surface area contributed by atoms with E-state index in [0.29, 0.717) is 25.4 Å². The molecule has 113 heavy (non-hydrogen) atoms. The smallest absolute Gasteiger partial charge is 0.309 e. The number of rotatable bonds is 23. The van der Waals surface area contributed by atoms with Gasteiger partial charge in [0.25, 0.3) is 0 Å². The number of likely N-dealkylation sites (N-methyl/N-ethyl adjacent to an activating group) is 2. The van der Waals surface area contributed by atoms with E-state index >= 15 is 0 Å². The zero-order valence-electron chi connectivity index (χ0n) is 69.7. The molecule has 0 amide bonds. The molecule has 0 aliphatic carbocycles. The monoisotopic (exact) mass is 1610 g/mol. The molecule has 30 unspecified atom stereocenters. The van der Waals surface area contributed by atoms with E-state index < -0.39 is 243 Å². The lowest BCUT2D eigenvalue weighted by atomic mass is 9.82. The minimum Gasteiger partial charge on any atom is -0.462 e. The Kier molecular flexibility index (Phi) is 40.3. The number of aliphatic hydroxyl groups is 6. The maximum atomic E-state index is 13.3. The predicted molar refractivity (Wildman–Crippen MR) is 406 cm³/mol. The molecule has 4 saturated heterocycles. The number of aldehydes is 2. The Morgan fingerprint density at radius 1 is 0.504 bits per heavy atom. The molecule has 6 aliphatic rings. The van der Waals surface area contributed by atoms with Gasteiger partial charge in [-0.25, -0.2) is 0 Å². The molecule has 0 bridgehead atoms. The Bertz CT molecular complexity index is 3090. The van der Waals surface area contributed by atoms with Gasteiger partial charge in [-0.3, -0.25) is 28.8 Å². The highest BCUT2D eigenvalue weighted by Gasteiger charge is 2.56. The second-order valence-electron chi connectivity index (χ2n) is 31.7. The number of aliphatic hydroxyl groups excluding tert-OH is 4. The average molecular weight is 1610 g/mol. The molecule has 0 spiro atoms. The first kappa shape index (κ1) is 98.0. The predicted octanol–water partition coefficient (Wildman–Crippen LogP) is 5.14. The van der Waals surface area contributed by atoms with Crippen LogP contribution in [0.5, 0.6) is 0 Å². The van der Waals surface area contributed by atoms with Crippen LogP contribution < -0.4 is 0 Å². The molecule has 32 heteroatoms. The van der Waals surface area contributed by atoms with Gasteiger partial charge in [-0.2, -0.15) is 0 Å². The van der Waals surface area contributed by atoms with Crippen LogP contribution in [0, 0.1) is 23.7 Å². The molecule has 0 aromatic rings. The normalized spacial score (nSPS) is 40.2. The van der Waals surface area contributed by atoms with Crippen LogP contribution in [-0.4, -0.2) is 302 Å². The fourth-order valence-corrected chi connectivity index (χ4v) is 15.6. The standard InChI is InChI=1S/C41H67NO15.C40H65NO15/c1-11-30(45)54-29-21-32(47)51-24(4)16-14-13-15-17-28(44)23(3)20-27(18-19-43)37(38(29)50-10)57-40-35(48)34(42(8)9)36(25(5)53-40)56-33-22-41(7,49)39(26(6)52-33)55-31(46)12-2;1-11-30(45)54-38-25(5)51-32(21-40(38,7)48)55-35-24(4)52-39(34(47)33(35)41(8)9)56-36-27(17-18-42)19-22(2)28(44)16-14-12-13-15-23(3)50-31(46)20-29(37(36)49-10)53-26(6)43/h13-15,17,19,23-29,33-40,44,48-49H,11-12,16,18,20-22H2,1-10H3;12-14,16,18,22-25,27-29,32-39,44,47-48H,11,15,17,19-21H2,1-10H3/t23?,24?,25?,26?,27?,28?,29?,33?,34?,35?,36?,37?,38?,39?,40?,41-;22?,23?,24?,25?,27?,28?,29?,32?,33?,34?,35?,36?,37?,38?,39?,40-/m11/s1. The number of hydrogen-bond acceptors (Lipinski definition) is 32. The molecule has 0 saturated carbocycles. The van der Waals surface area contributed by atoms with Crippen LogP contribution in [0.2, 0.25) is 0 Å². The van der Waals surface area contributed by atoms with Crippen molar-refractivity contribution in [1.82, 2.24) is 9.80 Å². The molecule has 6 N–H and O–H groups in total. The molecule has 32 atom stereocenters. The van der Waals surface area contributed by atoms with Gasteiger partial charge in [-0.05, 0) is 120 Å². The number of hydrogen-bond donors (Lipinski definition) is 6. The van der Waals surface area contributed by atoms with Gasteiger partial charge in [0.1, 0.15) is 84.8 Å². The van der Waals surface area contributed by atoms with Crippen LogP contribution in [0.3, 0.4) is 0 Å². The number of esters is 6. The molecule has 0 radical (unpaired) electrons. The molecule has 6 rings (SSSR count). The molecular formula is C81H132N2O30.